The molecule has 2 aromatic rings. The highest BCUT2D eigenvalue weighted by Crippen LogP contribution is 2.22. The summed E-state index contributed by atoms with van der Waals surface area (Å²) in [5, 5.41) is 0. The fourth-order valence-corrected chi connectivity index (χ4v) is 2.27. The molecule has 2 aromatic carbocycles. The number of rotatable bonds is 5. The topological polar surface area (TPSA) is 38.0 Å². The Hall–Kier alpha value is -1.71. The molecule has 3 N–H and O–H groups in total. The average Bonchev–Trinajstić information content (AvgIpc) is 2.44. The summed E-state index contributed by atoms with van der Waals surface area (Å²) in [6, 6.07) is 15.0. The number of nitrogens with two attached hydrogens (primary N) is 1. The summed E-state index contributed by atoms with van der Waals surface area (Å²) in [5.74, 6) is 5.39. The van der Waals surface area contributed by atoms with E-state index in [2.05, 4.69) is 17.6 Å². The van der Waals surface area contributed by atoms with Gasteiger partial charge in [-0.1, -0.05) is 36.4 Å². The second-order valence-electron chi connectivity index (χ2n) is 4.74. The first kappa shape index (κ1) is 13.7. The summed E-state index contributed by atoms with van der Waals surface area (Å²) in [6.07, 6.45) is 1.75. The van der Waals surface area contributed by atoms with Crippen molar-refractivity contribution in [3.63, 3.8) is 0 Å². The fourth-order valence-electron chi connectivity index (χ4n) is 2.27. The van der Waals surface area contributed by atoms with Crippen molar-refractivity contribution in [2.45, 2.75) is 25.8 Å². The second-order valence-corrected chi connectivity index (χ2v) is 4.74. The Morgan fingerprint density at radius 2 is 1.89 bits per heavy atom. The van der Waals surface area contributed by atoms with Crippen molar-refractivity contribution in [3.05, 3.63) is 71.0 Å². The zero-order chi connectivity index (χ0) is 13.7. The van der Waals surface area contributed by atoms with Crippen LogP contribution in [0.1, 0.15) is 29.2 Å². The van der Waals surface area contributed by atoms with Gasteiger partial charge in [0.15, 0.2) is 0 Å². The van der Waals surface area contributed by atoms with Crippen LogP contribution in [0.4, 0.5) is 4.39 Å². The van der Waals surface area contributed by atoms with Gasteiger partial charge in [0.05, 0.1) is 0 Å². The number of hydrogen-bond acceptors (Lipinski definition) is 2. The molecule has 0 spiro atoms. The summed E-state index contributed by atoms with van der Waals surface area (Å²) >= 11 is 0. The highest BCUT2D eigenvalue weighted by atomic mass is 19.1. The first-order valence-electron chi connectivity index (χ1n) is 6.47. The van der Waals surface area contributed by atoms with Gasteiger partial charge in [0.25, 0.3) is 0 Å². The third-order valence-corrected chi connectivity index (χ3v) is 3.38. The lowest BCUT2D eigenvalue weighted by atomic mass is 9.96. The van der Waals surface area contributed by atoms with Gasteiger partial charge in [0.2, 0.25) is 0 Å². The molecule has 0 saturated heterocycles. The fraction of sp³-hybridized carbons (Fsp3) is 0.250. The van der Waals surface area contributed by atoms with Gasteiger partial charge >= 0.3 is 0 Å². The van der Waals surface area contributed by atoms with Gasteiger partial charge in [-0.2, -0.15) is 0 Å². The molecule has 0 bridgehead atoms. The Labute approximate surface area is 113 Å². The average molecular weight is 258 g/mol. The number of halogens is 1. The van der Waals surface area contributed by atoms with Crippen LogP contribution in [0, 0.1) is 12.7 Å². The smallest absolute Gasteiger partial charge is 0.123 e. The molecule has 0 radical (unpaired) electrons. The maximum atomic E-state index is 13.3. The molecule has 0 aliphatic carbocycles. The van der Waals surface area contributed by atoms with Crippen molar-refractivity contribution >= 4 is 0 Å². The first-order chi connectivity index (χ1) is 9.20. The van der Waals surface area contributed by atoms with Crippen molar-refractivity contribution < 1.29 is 4.39 Å². The van der Waals surface area contributed by atoms with E-state index in [9.17, 15) is 4.39 Å². The van der Waals surface area contributed by atoms with Crippen LogP contribution in [-0.4, -0.2) is 0 Å². The van der Waals surface area contributed by atoms with Crippen molar-refractivity contribution in [1.82, 2.24) is 5.43 Å². The molecule has 0 heterocycles. The molecule has 0 aliphatic rings. The maximum Gasteiger partial charge on any atom is 0.123 e. The molecule has 0 aromatic heterocycles. The Morgan fingerprint density at radius 3 is 2.58 bits per heavy atom. The Kier molecular flexibility index (Phi) is 4.66. The molecule has 2 nitrogen and oxygen atoms in total. The summed E-state index contributed by atoms with van der Waals surface area (Å²) in [7, 11) is 0. The molecule has 0 fully saturated rings. The minimum Gasteiger partial charge on any atom is -0.271 e. The van der Waals surface area contributed by atoms with Crippen LogP contribution in [0.2, 0.25) is 0 Å². The largest absolute Gasteiger partial charge is 0.271 e. The lowest BCUT2D eigenvalue weighted by Gasteiger charge is -2.18. The van der Waals surface area contributed by atoms with Crippen molar-refractivity contribution in [2.24, 2.45) is 5.84 Å². The van der Waals surface area contributed by atoms with E-state index in [-0.39, 0.29) is 11.9 Å². The third-order valence-electron chi connectivity index (χ3n) is 3.38. The Bertz CT molecular complexity index is 526. The number of hydrogen-bond donors (Lipinski definition) is 2. The van der Waals surface area contributed by atoms with Crippen molar-refractivity contribution in [1.29, 1.82) is 0 Å². The highest BCUT2D eigenvalue weighted by Gasteiger charge is 2.13. The Balaban J connectivity index is 2.10. The summed E-state index contributed by atoms with van der Waals surface area (Å²) in [4.78, 5) is 0. The lowest BCUT2D eigenvalue weighted by Crippen LogP contribution is -2.29. The van der Waals surface area contributed by atoms with E-state index in [1.165, 1.54) is 11.6 Å². The van der Waals surface area contributed by atoms with Crippen LogP contribution in [0.3, 0.4) is 0 Å². The molecule has 100 valence electrons. The molecule has 19 heavy (non-hydrogen) atoms. The van der Waals surface area contributed by atoms with Crippen LogP contribution < -0.4 is 11.3 Å². The predicted octanol–water partition coefficient (Wildman–Crippen LogP) is 3.27. The molecule has 0 saturated carbocycles. The second kappa shape index (κ2) is 6.45. The molecule has 0 amide bonds. The minimum absolute atomic E-state index is 0.0316. The summed E-state index contributed by atoms with van der Waals surface area (Å²) < 4.78 is 13.3. The van der Waals surface area contributed by atoms with Gasteiger partial charge in [-0.3, -0.25) is 11.3 Å². The molecule has 2 rings (SSSR count). The number of hydrazine groups is 1. The van der Waals surface area contributed by atoms with Crippen molar-refractivity contribution in [3.8, 4) is 0 Å². The van der Waals surface area contributed by atoms with E-state index < -0.39 is 0 Å². The van der Waals surface area contributed by atoms with E-state index in [1.807, 2.05) is 25.1 Å². The summed E-state index contributed by atoms with van der Waals surface area (Å²) in [5.41, 5.74) is 6.03. The number of benzene rings is 2. The van der Waals surface area contributed by atoms with Crippen LogP contribution in [-0.2, 0) is 6.42 Å². The van der Waals surface area contributed by atoms with Crippen LogP contribution in [0.25, 0.3) is 0 Å². The molecular weight excluding hydrogens is 239 g/mol. The highest BCUT2D eigenvalue weighted by molar-refractivity contribution is 5.29. The van der Waals surface area contributed by atoms with E-state index >= 15 is 0 Å². The predicted molar refractivity (Wildman–Crippen MR) is 76.0 cm³/mol. The van der Waals surface area contributed by atoms with Crippen LogP contribution in [0.15, 0.2) is 48.5 Å². The quantitative estimate of drug-likeness (QED) is 0.638. The van der Waals surface area contributed by atoms with Gasteiger partial charge in [-0.05, 0) is 48.6 Å². The van der Waals surface area contributed by atoms with E-state index in [0.717, 1.165) is 24.0 Å². The van der Waals surface area contributed by atoms with E-state index in [4.69, 9.17) is 5.84 Å². The monoisotopic (exact) mass is 258 g/mol. The van der Waals surface area contributed by atoms with Gasteiger partial charge in [0, 0.05) is 6.04 Å². The zero-order valence-electron chi connectivity index (χ0n) is 11.1. The lowest BCUT2D eigenvalue weighted by molar-refractivity contribution is 0.509. The van der Waals surface area contributed by atoms with E-state index in [0.29, 0.717) is 0 Å². The van der Waals surface area contributed by atoms with Crippen LogP contribution >= 0.6 is 0 Å². The minimum atomic E-state index is -0.222. The normalized spacial score (nSPS) is 12.4. The maximum absolute atomic E-state index is 13.3. The zero-order valence-corrected chi connectivity index (χ0v) is 11.1. The summed E-state index contributed by atoms with van der Waals surface area (Å²) in [6.45, 7) is 1.97. The van der Waals surface area contributed by atoms with Crippen molar-refractivity contribution in [2.75, 3.05) is 0 Å². The van der Waals surface area contributed by atoms with Crippen LogP contribution in [0.5, 0.6) is 0 Å². The SMILES string of the molecule is Cc1ccc(F)cc1C(CCc1ccccc1)NN. The van der Waals surface area contributed by atoms with Gasteiger partial charge in [0.1, 0.15) is 5.82 Å². The van der Waals surface area contributed by atoms with Gasteiger partial charge in [-0.25, -0.2) is 4.39 Å². The molecule has 1 unspecified atom stereocenters. The molecule has 0 aliphatic heterocycles. The molecular formula is C16H19FN2. The number of nitrogens with one attached hydrogen (secondary N) is 1. The first-order valence-corrected chi connectivity index (χ1v) is 6.47. The van der Waals surface area contributed by atoms with E-state index in [1.54, 1.807) is 12.1 Å². The Morgan fingerprint density at radius 1 is 1.16 bits per heavy atom. The standard InChI is InChI=1S/C16H19FN2/c1-12-7-9-14(17)11-15(12)16(19-18)10-8-13-5-3-2-4-6-13/h2-7,9,11,16,19H,8,10,18H2,1H3. The number of aryl methyl sites for hydroxylation is 2. The van der Waals surface area contributed by atoms with Gasteiger partial charge < -0.3 is 0 Å². The third kappa shape index (κ3) is 3.63. The molecule has 3 heteroatoms. The van der Waals surface area contributed by atoms with Gasteiger partial charge in [-0.15, -0.1) is 0 Å². The molecule has 1 atom stereocenters.